The van der Waals surface area contributed by atoms with Crippen molar-refractivity contribution in [1.82, 2.24) is 0 Å². The maximum atomic E-state index is 11.5. The lowest BCUT2D eigenvalue weighted by atomic mass is 10.1. The Morgan fingerprint density at radius 3 is 2.86 bits per heavy atom. The number of furan rings is 2. The summed E-state index contributed by atoms with van der Waals surface area (Å²) < 4.78 is 10.6. The average Bonchev–Trinajstić information content (AvgIpc) is 2.75. The molecule has 3 nitrogen and oxygen atoms in total. The molecule has 0 spiro atoms. The highest BCUT2D eigenvalue weighted by molar-refractivity contribution is 9.10. The SMILES string of the molecule is O=C(Cc1coc(Br)c1)c1ccco1. The lowest BCUT2D eigenvalue weighted by Gasteiger charge is -1.92. The van der Waals surface area contributed by atoms with Crippen LogP contribution in [-0.4, -0.2) is 5.78 Å². The molecule has 0 saturated carbocycles. The first-order chi connectivity index (χ1) is 6.75. The first-order valence-electron chi connectivity index (χ1n) is 4.05. The molecule has 0 fully saturated rings. The van der Waals surface area contributed by atoms with Crippen LogP contribution in [0.1, 0.15) is 16.1 Å². The van der Waals surface area contributed by atoms with E-state index in [-0.39, 0.29) is 5.78 Å². The molecule has 2 rings (SSSR count). The highest BCUT2D eigenvalue weighted by Gasteiger charge is 2.10. The van der Waals surface area contributed by atoms with E-state index in [9.17, 15) is 4.79 Å². The minimum Gasteiger partial charge on any atom is -0.461 e. The highest BCUT2D eigenvalue weighted by atomic mass is 79.9. The van der Waals surface area contributed by atoms with E-state index in [4.69, 9.17) is 8.83 Å². The molecule has 0 unspecified atom stereocenters. The van der Waals surface area contributed by atoms with Gasteiger partial charge in [0.1, 0.15) is 0 Å². The van der Waals surface area contributed by atoms with Gasteiger partial charge >= 0.3 is 0 Å². The lowest BCUT2D eigenvalue weighted by Crippen LogP contribution is -2.00. The molecular formula is C10H7BrO3. The Morgan fingerprint density at radius 1 is 1.43 bits per heavy atom. The highest BCUT2D eigenvalue weighted by Crippen LogP contribution is 2.16. The third-order valence-corrected chi connectivity index (χ3v) is 2.20. The van der Waals surface area contributed by atoms with Crippen LogP contribution in [0, 0.1) is 0 Å². The summed E-state index contributed by atoms with van der Waals surface area (Å²) in [7, 11) is 0. The van der Waals surface area contributed by atoms with Gasteiger partial charge in [0.25, 0.3) is 0 Å². The maximum Gasteiger partial charge on any atom is 0.202 e. The smallest absolute Gasteiger partial charge is 0.202 e. The molecule has 0 aromatic carbocycles. The van der Waals surface area contributed by atoms with Gasteiger partial charge in [0.05, 0.1) is 12.5 Å². The number of hydrogen-bond acceptors (Lipinski definition) is 3. The summed E-state index contributed by atoms with van der Waals surface area (Å²) in [5.74, 6) is 0.325. The van der Waals surface area contributed by atoms with Crippen LogP contribution in [-0.2, 0) is 6.42 Å². The number of halogens is 1. The molecule has 2 heterocycles. The number of carbonyl (C=O) groups is 1. The number of Topliss-reactive ketones (excluding diaryl/α,β-unsaturated/α-hetero) is 1. The van der Waals surface area contributed by atoms with Crippen LogP contribution >= 0.6 is 15.9 Å². The summed E-state index contributed by atoms with van der Waals surface area (Å²) in [6, 6.07) is 5.11. The van der Waals surface area contributed by atoms with Crippen molar-refractivity contribution in [3.05, 3.63) is 46.7 Å². The molecule has 14 heavy (non-hydrogen) atoms. The quantitative estimate of drug-likeness (QED) is 0.791. The predicted molar refractivity (Wildman–Crippen MR) is 53.2 cm³/mol. The monoisotopic (exact) mass is 254 g/mol. The number of hydrogen-bond donors (Lipinski definition) is 0. The Bertz CT molecular complexity index is 428. The Morgan fingerprint density at radius 2 is 2.29 bits per heavy atom. The molecule has 2 aromatic heterocycles. The zero-order valence-corrected chi connectivity index (χ0v) is 8.78. The second kappa shape index (κ2) is 3.84. The van der Waals surface area contributed by atoms with E-state index >= 15 is 0 Å². The summed E-state index contributed by atoms with van der Waals surface area (Å²) in [6.07, 6.45) is 3.33. The molecule has 0 radical (unpaired) electrons. The first kappa shape index (κ1) is 9.27. The molecule has 0 aliphatic rings. The molecular weight excluding hydrogens is 248 g/mol. The van der Waals surface area contributed by atoms with Crippen LogP contribution < -0.4 is 0 Å². The lowest BCUT2D eigenvalue weighted by molar-refractivity contribution is 0.0966. The molecule has 0 bridgehead atoms. The van der Waals surface area contributed by atoms with E-state index in [1.807, 2.05) is 0 Å². The van der Waals surface area contributed by atoms with Crippen molar-refractivity contribution < 1.29 is 13.6 Å². The van der Waals surface area contributed by atoms with Gasteiger partial charge < -0.3 is 8.83 Å². The van der Waals surface area contributed by atoms with Gasteiger partial charge in [0.15, 0.2) is 10.4 Å². The van der Waals surface area contributed by atoms with E-state index in [0.29, 0.717) is 16.9 Å². The third-order valence-electron chi connectivity index (χ3n) is 1.78. The fraction of sp³-hybridized carbons (Fsp3) is 0.100. The van der Waals surface area contributed by atoms with Crippen LogP contribution in [0.3, 0.4) is 0 Å². The fourth-order valence-corrected chi connectivity index (χ4v) is 1.54. The van der Waals surface area contributed by atoms with Crippen molar-refractivity contribution in [3.8, 4) is 0 Å². The van der Waals surface area contributed by atoms with Gasteiger partial charge in [-0.15, -0.1) is 0 Å². The van der Waals surface area contributed by atoms with Crippen molar-refractivity contribution in [2.75, 3.05) is 0 Å². The van der Waals surface area contributed by atoms with Gasteiger partial charge in [-0.2, -0.15) is 0 Å². The van der Waals surface area contributed by atoms with Crippen molar-refractivity contribution in [3.63, 3.8) is 0 Å². The second-order valence-electron chi connectivity index (χ2n) is 2.84. The molecule has 2 aromatic rings. The van der Waals surface area contributed by atoms with E-state index in [0.717, 1.165) is 5.56 Å². The fourth-order valence-electron chi connectivity index (χ4n) is 1.15. The topological polar surface area (TPSA) is 43.4 Å². The van der Waals surface area contributed by atoms with E-state index < -0.39 is 0 Å². The first-order valence-corrected chi connectivity index (χ1v) is 4.84. The van der Waals surface area contributed by atoms with Crippen molar-refractivity contribution in [2.45, 2.75) is 6.42 Å². The predicted octanol–water partition coefficient (Wildman–Crippen LogP) is 3.06. The molecule has 4 heteroatoms. The number of carbonyl (C=O) groups excluding carboxylic acids is 1. The van der Waals surface area contributed by atoms with E-state index in [1.54, 1.807) is 24.5 Å². The van der Waals surface area contributed by atoms with Crippen LogP contribution in [0.15, 0.2) is 44.2 Å². The molecule has 0 N–H and O–H groups in total. The van der Waals surface area contributed by atoms with E-state index in [1.165, 1.54) is 6.26 Å². The van der Waals surface area contributed by atoms with Gasteiger partial charge in [-0.25, -0.2) is 0 Å². The normalized spacial score (nSPS) is 10.4. The van der Waals surface area contributed by atoms with Crippen LogP contribution in [0.2, 0.25) is 0 Å². The molecule has 0 aliphatic heterocycles. The molecule has 0 atom stereocenters. The minimum absolute atomic E-state index is 0.0525. The Balaban J connectivity index is 2.09. The van der Waals surface area contributed by atoms with Crippen molar-refractivity contribution in [1.29, 1.82) is 0 Å². The summed E-state index contributed by atoms with van der Waals surface area (Å²) >= 11 is 3.17. The molecule has 72 valence electrons. The average molecular weight is 255 g/mol. The van der Waals surface area contributed by atoms with Crippen LogP contribution in [0.5, 0.6) is 0 Å². The second-order valence-corrected chi connectivity index (χ2v) is 3.62. The zero-order chi connectivity index (χ0) is 9.97. The Hall–Kier alpha value is -1.29. The van der Waals surface area contributed by atoms with Crippen LogP contribution in [0.4, 0.5) is 0 Å². The summed E-state index contributed by atoms with van der Waals surface area (Å²) in [4.78, 5) is 11.5. The van der Waals surface area contributed by atoms with Crippen molar-refractivity contribution >= 4 is 21.7 Å². The van der Waals surface area contributed by atoms with Gasteiger partial charge in [-0.3, -0.25) is 4.79 Å². The Kier molecular flexibility index (Phi) is 2.54. The van der Waals surface area contributed by atoms with Crippen LogP contribution in [0.25, 0.3) is 0 Å². The number of ketones is 1. The van der Waals surface area contributed by atoms with E-state index in [2.05, 4.69) is 15.9 Å². The molecule has 0 amide bonds. The van der Waals surface area contributed by atoms with Gasteiger partial charge in [-0.1, -0.05) is 0 Å². The summed E-state index contributed by atoms with van der Waals surface area (Å²) in [5, 5.41) is 0. The van der Waals surface area contributed by atoms with Gasteiger partial charge in [0, 0.05) is 6.42 Å². The summed E-state index contributed by atoms with van der Waals surface area (Å²) in [6.45, 7) is 0. The molecule has 0 saturated heterocycles. The maximum absolute atomic E-state index is 11.5. The standard InChI is InChI=1S/C10H7BrO3/c11-10-5-7(6-14-10)4-8(12)9-2-1-3-13-9/h1-3,5-6H,4H2. The van der Waals surface area contributed by atoms with Gasteiger partial charge in [0.2, 0.25) is 5.78 Å². The third kappa shape index (κ3) is 1.96. The number of rotatable bonds is 3. The zero-order valence-electron chi connectivity index (χ0n) is 7.20. The minimum atomic E-state index is -0.0525. The Labute approximate surface area is 88.8 Å². The van der Waals surface area contributed by atoms with Crippen molar-refractivity contribution in [2.24, 2.45) is 0 Å². The summed E-state index contributed by atoms with van der Waals surface area (Å²) in [5.41, 5.74) is 0.832. The largest absolute Gasteiger partial charge is 0.461 e. The molecule has 0 aliphatic carbocycles. The van der Waals surface area contributed by atoms with Gasteiger partial charge in [-0.05, 0) is 39.7 Å².